The molecule has 5 nitrogen and oxygen atoms in total. The predicted octanol–water partition coefficient (Wildman–Crippen LogP) is 1.63. The van der Waals surface area contributed by atoms with E-state index in [9.17, 15) is 4.79 Å². The standard InChI is InChI=1S/C17H19N3O2/c1-11-9-20-10-13(6-7-16(20)18-11)19-17(21)15-8-12-4-2-3-5-14(12)22-15/h2-5,9,13,15H,6-8,10H2,1H3,(H,19,21)/t13-,15+/m0/s1. The van der Waals surface area contributed by atoms with Crippen molar-refractivity contribution in [3.05, 3.63) is 47.5 Å². The molecule has 0 fully saturated rings. The van der Waals surface area contributed by atoms with Gasteiger partial charge in [-0.2, -0.15) is 0 Å². The average Bonchev–Trinajstić information content (AvgIpc) is 3.08. The Hall–Kier alpha value is -2.30. The van der Waals surface area contributed by atoms with Crippen LogP contribution in [0.1, 0.15) is 23.5 Å². The highest BCUT2D eigenvalue weighted by Gasteiger charge is 2.31. The Balaban J connectivity index is 1.40. The number of hydrogen-bond acceptors (Lipinski definition) is 3. The second kappa shape index (κ2) is 5.16. The van der Waals surface area contributed by atoms with Crippen molar-refractivity contribution in [2.75, 3.05) is 0 Å². The van der Waals surface area contributed by atoms with Crippen LogP contribution in [0.2, 0.25) is 0 Å². The lowest BCUT2D eigenvalue weighted by molar-refractivity contribution is -0.128. The first-order chi connectivity index (χ1) is 10.7. The summed E-state index contributed by atoms with van der Waals surface area (Å²) in [5, 5.41) is 3.13. The molecule has 2 aliphatic rings. The maximum absolute atomic E-state index is 12.4. The molecule has 1 N–H and O–H groups in total. The van der Waals surface area contributed by atoms with Crippen molar-refractivity contribution >= 4 is 5.91 Å². The van der Waals surface area contributed by atoms with Crippen molar-refractivity contribution in [2.45, 2.75) is 44.9 Å². The number of rotatable bonds is 2. The number of imidazole rings is 1. The van der Waals surface area contributed by atoms with Crippen LogP contribution in [-0.4, -0.2) is 27.6 Å². The predicted molar refractivity (Wildman–Crippen MR) is 81.8 cm³/mol. The molecule has 4 rings (SSSR count). The number of fused-ring (bicyclic) bond motifs is 2. The molecule has 2 aliphatic heterocycles. The molecular formula is C17H19N3O2. The summed E-state index contributed by atoms with van der Waals surface area (Å²) in [7, 11) is 0. The molecule has 0 saturated heterocycles. The molecule has 1 aromatic heterocycles. The minimum atomic E-state index is -0.400. The Morgan fingerprint density at radius 2 is 2.27 bits per heavy atom. The smallest absolute Gasteiger partial charge is 0.261 e. The van der Waals surface area contributed by atoms with Gasteiger partial charge in [-0.05, 0) is 25.0 Å². The number of benzene rings is 1. The molecule has 5 heteroatoms. The van der Waals surface area contributed by atoms with Crippen LogP contribution in [0.4, 0.5) is 0 Å². The van der Waals surface area contributed by atoms with Gasteiger partial charge in [-0.15, -0.1) is 0 Å². The molecule has 114 valence electrons. The molecule has 0 bridgehead atoms. The minimum absolute atomic E-state index is 0.0125. The highest BCUT2D eigenvalue weighted by molar-refractivity contribution is 5.82. The Kier molecular flexibility index (Phi) is 3.13. The average molecular weight is 297 g/mol. The van der Waals surface area contributed by atoms with Crippen LogP contribution in [-0.2, 0) is 24.2 Å². The first kappa shape index (κ1) is 13.4. The number of amides is 1. The summed E-state index contributed by atoms with van der Waals surface area (Å²) in [6.45, 7) is 2.80. The highest BCUT2D eigenvalue weighted by atomic mass is 16.5. The molecule has 0 aliphatic carbocycles. The van der Waals surface area contributed by atoms with Gasteiger partial charge in [-0.25, -0.2) is 4.98 Å². The summed E-state index contributed by atoms with van der Waals surface area (Å²) in [6, 6.07) is 8.00. The van der Waals surface area contributed by atoms with Crippen molar-refractivity contribution < 1.29 is 9.53 Å². The molecule has 2 atom stereocenters. The fourth-order valence-corrected chi connectivity index (χ4v) is 3.33. The third kappa shape index (κ3) is 2.36. The number of para-hydroxylation sites is 1. The number of nitrogens with zero attached hydrogens (tertiary/aromatic N) is 2. The zero-order valence-electron chi connectivity index (χ0n) is 12.6. The van der Waals surface area contributed by atoms with Gasteiger partial charge in [0.15, 0.2) is 6.10 Å². The maximum atomic E-state index is 12.4. The van der Waals surface area contributed by atoms with Gasteiger partial charge < -0.3 is 14.6 Å². The summed E-state index contributed by atoms with van der Waals surface area (Å²) in [5.74, 6) is 1.94. The lowest BCUT2D eigenvalue weighted by Crippen LogP contribution is -2.46. The molecule has 0 unspecified atom stereocenters. The molecule has 2 aromatic rings. The van der Waals surface area contributed by atoms with Gasteiger partial charge in [0.25, 0.3) is 5.91 Å². The molecule has 3 heterocycles. The van der Waals surface area contributed by atoms with E-state index in [1.54, 1.807) is 0 Å². The molecule has 0 spiro atoms. The summed E-state index contributed by atoms with van der Waals surface area (Å²) in [5.41, 5.74) is 2.15. The number of carbonyl (C=O) groups excluding carboxylic acids is 1. The fraction of sp³-hybridized carbons (Fsp3) is 0.412. The summed E-state index contributed by atoms with van der Waals surface area (Å²) in [6.07, 6.45) is 4.15. The normalized spacial score (nSPS) is 22.6. The van der Waals surface area contributed by atoms with E-state index < -0.39 is 6.10 Å². The minimum Gasteiger partial charge on any atom is -0.480 e. The summed E-state index contributed by atoms with van der Waals surface area (Å²) in [4.78, 5) is 16.9. The van der Waals surface area contributed by atoms with E-state index >= 15 is 0 Å². The van der Waals surface area contributed by atoms with Crippen molar-refractivity contribution in [3.63, 3.8) is 0 Å². The van der Waals surface area contributed by atoms with E-state index in [0.717, 1.165) is 42.2 Å². The van der Waals surface area contributed by atoms with Crippen LogP contribution >= 0.6 is 0 Å². The van der Waals surface area contributed by atoms with Crippen LogP contribution in [0.15, 0.2) is 30.5 Å². The van der Waals surface area contributed by atoms with Gasteiger partial charge in [0.1, 0.15) is 11.6 Å². The topological polar surface area (TPSA) is 56.2 Å². The summed E-state index contributed by atoms with van der Waals surface area (Å²) >= 11 is 0. The molecule has 22 heavy (non-hydrogen) atoms. The number of aromatic nitrogens is 2. The maximum Gasteiger partial charge on any atom is 0.261 e. The van der Waals surface area contributed by atoms with Crippen LogP contribution < -0.4 is 10.1 Å². The number of carbonyl (C=O) groups is 1. The lowest BCUT2D eigenvalue weighted by atomic mass is 10.1. The number of ether oxygens (including phenoxy) is 1. The molecule has 1 aromatic carbocycles. The van der Waals surface area contributed by atoms with Crippen molar-refractivity contribution in [1.29, 1.82) is 0 Å². The molecule has 1 amide bonds. The SMILES string of the molecule is Cc1cn2c(n1)CC[C@H](NC(=O)[C@H]1Cc3ccccc3O1)C2. The first-order valence-electron chi connectivity index (χ1n) is 7.76. The van der Waals surface area contributed by atoms with Crippen LogP contribution in [0.5, 0.6) is 5.75 Å². The first-order valence-corrected chi connectivity index (χ1v) is 7.76. The van der Waals surface area contributed by atoms with Gasteiger partial charge in [-0.1, -0.05) is 18.2 Å². The second-order valence-corrected chi connectivity index (χ2v) is 6.11. The van der Waals surface area contributed by atoms with E-state index in [4.69, 9.17) is 4.74 Å². The highest BCUT2D eigenvalue weighted by Crippen LogP contribution is 2.28. The molecule has 0 radical (unpaired) electrons. The van der Waals surface area contributed by atoms with Gasteiger partial charge in [-0.3, -0.25) is 4.79 Å². The Morgan fingerprint density at radius 3 is 3.14 bits per heavy atom. The third-order valence-electron chi connectivity index (χ3n) is 4.40. The van der Waals surface area contributed by atoms with E-state index in [1.807, 2.05) is 31.2 Å². The van der Waals surface area contributed by atoms with Crippen molar-refractivity contribution in [3.8, 4) is 5.75 Å². The van der Waals surface area contributed by atoms with Crippen LogP contribution in [0.3, 0.4) is 0 Å². The van der Waals surface area contributed by atoms with Gasteiger partial charge >= 0.3 is 0 Å². The van der Waals surface area contributed by atoms with Crippen LogP contribution in [0.25, 0.3) is 0 Å². The fourth-order valence-electron chi connectivity index (χ4n) is 3.33. The van der Waals surface area contributed by atoms with E-state index in [2.05, 4.69) is 21.1 Å². The largest absolute Gasteiger partial charge is 0.480 e. The quantitative estimate of drug-likeness (QED) is 0.916. The second-order valence-electron chi connectivity index (χ2n) is 6.11. The van der Waals surface area contributed by atoms with E-state index in [1.165, 1.54) is 0 Å². The lowest BCUT2D eigenvalue weighted by Gasteiger charge is -2.25. The zero-order valence-corrected chi connectivity index (χ0v) is 12.6. The Morgan fingerprint density at radius 1 is 1.41 bits per heavy atom. The summed E-state index contributed by atoms with van der Waals surface area (Å²) < 4.78 is 7.90. The zero-order chi connectivity index (χ0) is 15.1. The molecular weight excluding hydrogens is 278 g/mol. The number of aryl methyl sites for hydroxylation is 2. The molecule has 0 saturated carbocycles. The third-order valence-corrected chi connectivity index (χ3v) is 4.40. The van der Waals surface area contributed by atoms with Crippen molar-refractivity contribution in [1.82, 2.24) is 14.9 Å². The number of hydrogen-bond donors (Lipinski definition) is 1. The van der Waals surface area contributed by atoms with Gasteiger partial charge in [0, 0.05) is 31.6 Å². The van der Waals surface area contributed by atoms with Crippen LogP contribution in [0, 0.1) is 6.92 Å². The monoisotopic (exact) mass is 297 g/mol. The van der Waals surface area contributed by atoms with Gasteiger partial charge in [0.05, 0.1) is 5.69 Å². The van der Waals surface area contributed by atoms with Crippen molar-refractivity contribution in [2.24, 2.45) is 0 Å². The Bertz CT molecular complexity index is 697. The van der Waals surface area contributed by atoms with E-state index in [0.29, 0.717) is 6.42 Å². The van der Waals surface area contributed by atoms with E-state index in [-0.39, 0.29) is 11.9 Å². The number of nitrogens with one attached hydrogen (secondary N) is 1. The Labute approximate surface area is 129 Å². The van der Waals surface area contributed by atoms with Gasteiger partial charge in [0.2, 0.25) is 0 Å².